The average Bonchev–Trinajstić information content (AvgIpc) is 3.53. The highest BCUT2D eigenvalue weighted by Gasteiger charge is 2.20. The quantitative estimate of drug-likeness (QED) is 0.326. The van der Waals surface area contributed by atoms with E-state index in [0.717, 1.165) is 94.3 Å². The van der Waals surface area contributed by atoms with E-state index < -0.39 is 0 Å². The Morgan fingerprint density at radius 3 is 2.72 bits per heavy atom. The normalized spacial score (nSPS) is 14.6. The Morgan fingerprint density at radius 2 is 1.89 bits per heavy atom. The summed E-state index contributed by atoms with van der Waals surface area (Å²) in [6.45, 7) is 10.1. The van der Waals surface area contributed by atoms with Crippen molar-refractivity contribution in [2.24, 2.45) is 0 Å². The molecule has 1 fully saturated rings. The van der Waals surface area contributed by atoms with Gasteiger partial charge in [0.25, 0.3) is 0 Å². The van der Waals surface area contributed by atoms with Crippen LogP contribution in [0.1, 0.15) is 13.3 Å². The van der Waals surface area contributed by atoms with Gasteiger partial charge in [0.05, 0.1) is 40.5 Å². The van der Waals surface area contributed by atoms with Gasteiger partial charge in [-0.3, -0.25) is 15.1 Å². The van der Waals surface area contributed by atoms with Gasteiger partial charge < -0.3 is 20.1 Å². The molecule has 36 heavy (non-hydrogen) atoms. The molecule has 3 N–H and O–H groups in total. The number of pyridine rings is 3. The SMILES string of the molecule is C=C(CC)Nc1cncc(-c2cc3c(-c4cc5c(N6CCN(C)CC6)nccc5[nH]4)n[nH]c3cn2)c1. The van der Waals surface area contributed by atoms with Crippen molar-refractivity contribution in [2.75, 3.05) is 43.4 Å². The van der Waals surface area contributed by atoms with E-state index in [1.807, 2.05) is 30.7 Å². The Hall–Kier alpha value is -4.24. The minimum absolute atomic E-state index is 0.833. The Balaban J connectivity index is 1.38. The van der Waals surface area contributed by atoms with Gasteiger partial charge in [-0.1, -0.05) is 13.5 Å². The van der Waals surface area contributed by atoms with Crippen LogP contribution in [0.3, 0.4) is 0 Å². The summed E-state index contributed by atoms with van der Waals surface area (Å²) in [5, 5.41) is 13.2. The molecule has 9 nitrogen and oxygen atoms in total. The monoisotopic (exact) mass is 479 g/mol. The Morgan fingerprint density at radius 1 is 1.03 bits per heavy atom. The summed E-state index contributed by atoms with van der Waals surface area (Å²) in [5.41, 5.74) is 7.34. The fourth-order valence-electron chi connectivity index (χ4n) is 4.66. The second-order valence-electron chi connectivity index (χ2n) is 9.30. The predicted octanol–water partition coefficient (Wildman–Crippen LogP) is 4.65. The summed E-state index contributed by atoms with van der Waals surface area (Å²) in [6, 6.07) is 8.29. The third kappa shape index (κ3) is 4.07. The summed E-state index contributed by atoms with van der Waals surface area (Å²) >= 11 is 0. The first-order valence-electron chi connectivity index (χ1n) is 12.2. The summed E-state index contributed by atoms with van der Waals surface area (Å²) < 4.78 is 0. The maximum atomic E-state index is 4.73. The molecular formula is C27H29N9. The summed E-state index contributed by atoms with van der Waals surface area (Å²) in [5.74, 6) is 1.02. The van der Waals surface area contributed by atoms with Gasteiger partial charge in [0, 0.05) is 60.6 Å². The van der Waals surface area contributed by atoms with Crippen molar-refractivity contribution < 1.29 is 0 Å². The molecule has 0 bridgehead atoms. The van der Waals surface area contributed by atoms with E-state index in [-0.39, 0.29) is 0 Å². The zero-order valence-corrected chi connectivity index (χ0v) is 20.5. The number of hydrogen-bond donors (Lipinski definition) is 3. The number of rotatable bonds is 6. The largest absolute Gasteiger partial charge is 0.358 e. The molecule has 0 atom stereocenters. The summed E-state index contributed by atoms with van der Waals surface area (Å²) in [7, 11) is 2.16. The minimum Gasteiger partial charge on any atom is -0.358 e. The molecule has 9 heteroatoms. The lowest BCUT2D eigenvalue weighted by Gasteiger charge is -2.33. The molecule has 0 radical (unpaired) electrons. The first-order valence-corrected chi connectivity index (χ1v) is 12.2. The maximum Gasteiger partial charge on any atom is 0.138 e. The van der Waals surface area contributed by atoms with Crippen LogP contribution in [0.5, 0.6) is 0 Å². The summed E-state index contributed by atoms with van der Waals surface area (Å²) in [6.07, 6.45) is 8.17. The molecule has 0 spiro atoms. The standard InChI is InChI=1S/C27H29N9/c1-4-17(2)31-19-11-18(14-28-15-19)23-12-20-25(16-30-23)33-34-26(20)24-13-21-22(32-24)5-6-29-27(21)36-9-7-35(3)8-10-36/h5-6,11-16,31-32H,2,4,7-10H2,1,3H3,(H,33,34). The van der Waals surface area contributed by atoms with E-state index in [2.05, 4.69) is 72.9 Å². The fraction of sp³-hybridized carbons (Fsp3) is 0.259. The molecule has 1 saturated heterocycles. The van der Waals surface area contributed by atoms with Gasteiger partial charge in [0.1, 0.15) is 11.5 Å². The number of nitrogens with zero attached hydrogens (tertiary/aromatic N) is 6. The maximum absolute atomic E-state index is 4.73. The van der Waals surface area contributed by atoms with Gasteiger partial charge in [-0.15, -0.1) is 0 Å². The smallest absolute Gasteiger partial charge is 0.138 e. The van der Waals surface area contributed by atoms with Crippen LogP contribution >= 0.6 is 0 Å². The van der Waals surface area contributed by atoms with E-state index in [9.17, 15) is 0 Å². The van der Waals surface area contributed by atoms with Crippen molar-refractivity contribution in [3.05, 3.63) is 61.3 Å². The molecule has 0 aliphatic carbocycles. The third-order valence-corrected chi connectivity index (χ3v) is 6.81. The minimum atomic E-state index is 0.833. The molecule has 0 saturated carbocycles. The molecule has 5 aromatic heterocycles. The number of aromatic amines is 2. The molecular weight excluding hydrogens is 450 g/mol. The zero-order chi connectivity index (χ0) is 24.6. The fourth-order valence-corrected chi connectivity index (χ4v) is 4.66. The van der Waals surface area contributed by atoms with Crippen LogP contribution in [0, 0.1) is 0 Å². The number of allylic oxidation sites excluding steroid dienone is 1. The molecule has 6 rings (SSSR count). The van der Waals surface area contributed by atoms with Gasteiger partial charge >= 0.3 is 0 Å². The van der Waals surface area contributed by atoms with Crippen LogP contribution in [-0.2, 0) is 0 Å². The van der Waals surface area contributed by atoms with Crippen molar-refractivity contribution in [2.45, 2.75) is 13.3 Å². The average molecular weight is 480 g/mol. The van der Waals surface area contributed by atoms with Crippen molar-refractivity contribution in [1.29, 1.82) is 0 Å². The van der Waals surface area contributed by atoms with Crippen molar-refractivity contribution in [1.82, 2.24) is 35.0 Å². The number of fused-ring (bicyclic) bond motifs is 2. The Kier molecular flexibility index (Phi) is 5.61. The van der Waals surface area contributed by atoms with Gasteiger partial charge in [0.2, 0.25) is 0 Å². The number of H-pyrrole nitrogens is 2. The number of likely N-dealkylation sites (N-methyl/N-ethyl adjacent to an activating group) is 1. The lowest BCUT2D eigenvalue weighted by Crippen LogP contribution is -2.44. The van der Waals surface area contributed by atoms with Crippen LogP contribution in [0.25, 0.3) is 44.5 Å². The highest BCUT2D eigenvalue weighted by atomic mass is 15.3. The van der Waals surface area contributed by atoms with Crippen LogP contribution in [0.15, 0.2) is 61.3 Å². The number of hydrogen-bond acceptors (Lipinski definition) is 7. The van der Waals surface area contributed by atoms with Crippen LogP contribution in [-0.4, -0.2) is 68.3 Å². The van der Waals surface area contributed by atoms with E-state index in [1.54, 1.807) is 6.20 Å². The van der Waals surface area contributed by atoms with Crippen molar-refractivity contribution in [3.63, 3.8) is 0 Å². The highest BCUT2D eigenvalue weighted by molar-refractivity contribution is 5.99. The zero-order valence-electron chi connectivity index (χ0n) is 20.5. The number of aromatic nitrogens is 6. The number of nitrogens with one attached hydrogen (secondary N) is 3. The lowest BCUT2D eigenvalue weighted by atomic mass is 10.1. The molecule has 0 aromatic carbocycles. The van der Waals surface area contributed by atoms with Gasteiger partial charge in [-0.05, 0) is 37.7 Å². The molecule has 0 unspecified atom stereocenters. The summed E-state index contributed by atoms with van der Waals surface area (Å²) in [4.78, 5) is 22.1. The van der Waals surface area contributed by atoms with E-state index in [0.29, 0.717) is 0 Å². The Bertz CT molecular complexity index is 1560. The molecule has 5 aromatic rings. The molecule has 6 heterocycles. The Labute approximate surface area is 209 Å². The highest BCUT2D eigenvalue weighted by Crippen LogP contribution is 2.33. The second kappa shape index (κ2) is 9.09. The molecule has 0 amide bonds. The first-order chi connectivity index (χ1) is 17.6. The van der Waals surface area contributed by atoms with Crippen LogP contribution in [0.4, 0.5) is 11.5 Å². The van der Waals surface area contributed by atoms with Gasteiger partial charge in [0.15, 0.2) is 0 Å². The second-order valence-corrected chi connectivity index (χ2v) is 9.30. The molecule has 182 valence electrons. The van der Waals surface area contributed by atoms with Crippen LogP contribution < -0.4 is 10.2 Å². The lowest BCUT2D eigenvalue weighted by molar-refractivity contribution is 0.312. The van der Waals surface area contributed by atoms with Gasteiger partial charge in [-0.2, -0.15) is 5.10 Å². The molecule has 1 aliphatic rings. The van der Waals surface area contributed by atoms with Crippen molar-refractivity contribution in [3.8, 4) is 22.6 Å². The predicted molar refractivity (Wildman–Crippen MR) is 145 cm³/mol. The van der Waals surface area contributed by atoms with E-state index in [4.69, 9.17) is 4.98 Å². The number of piperazine rings is 1. The van der Waals surface area contributed by atoms with E-state index >= 15 is 0 Å². The third-order valence-electron chi connectivity index (χ3n) is 6.81. The van der Waals surface area contributed by atoms with Crippen LogP contribution in [0.2, 0.25) is 0 Å². The van der Waals surface area contributed by atoms with E-state index in [1.165, 1.54) is 0 Å². The van der Waals surface area contributed by atoms with Gasteiger partial charge in [-0.25, -0.2) is 4.98 Å². The topological polar surface area (TPSA) is 102 Å². The first kappa shape index (κ1) is 22.2. The number of anilines is 2. The molecule has 1 aliphatic heterocycles. The van der Waals surface area contributed by atoms with Crippen molar-refractivity contribution >= 4 is 33.3 Å².